The fraction of sp³-hybridized carbons (Fsp3) is 0.435. The van der Waals surface area contributed by atoms with Gasteiger partial charge in [0, 0.05) is 49.3 Å². The van der Waals surface area contributed by atoms with E-state index < -0.39 is 0 Å². The predicted octanol–water partition coefficient (Wildman–Crippen LogP) is 3.69. The Balaban J connectivity index is 0.00000320. The molecule has 3 rings (SSSR count). The number of guanidine groups is 1. The molecule has 0 amide bonds. The third kappa shape index (κ3) is 7.67. The Kier molecular flexibility index (Phi) is 11.4. The van der Waals surface area contributed by atoms with Gasteiger partial charge in [0.25, 0.3) is 0 Å². The summed E-state index contributed by atoms with van der Waals surface area (Å²) in [6.45, 7) is 6.48. The first-order valence-corrected chi connectivity index (χ1v) is 11.5. The van der Waals surface area contributed by atoms with E-state index in [0.29, 0.717) is 13.1 Å². The standard InChI is InChI=1S/C23H32N4OS.HI/c1-2-24-23(26-17-21(18-28)20-6-4-3-5-7-20)25-16-19-8-10-22(11-9-19)27-12-14-29-15-13-27;/h3-11,21,28H,2,12-18H2,1H3,(H2,24,25,26);1H. The molecule has 0 aliphatic carbocycles. The Hall–Kier alpha value is -1.45. The van der Waals surface area contributed by atoms with Gasteiger partial charge in [-0.2, -0.15) is 11.8 Å². The molecular formula is C23H33IN4OS. The van der Waals surface area contributed by atoms with Crippen molar-refractivity contribution in [3.8, 4) is 0 Å². The zero-order valence-corrected chi connectivity index (χ0v) is 20.7. The predicted molar refractivity (Wildman–Crippen MR) is 140 cm³/mol. The van der Waals surface area contributed by atoms with E-state index in [4.69, 9.17) is 4.99 Å². The lowest BCUT2D eigenvalue weighted by atomic mass is 10.0. The molecule has 0 radical (unpaired) electrons. The molecule has 1 aliphatic heterocycles. The van der Waals surface area contributed by atoms with Gasteiger partial charge in [0.05, 0.1) is 13.2 Å². The van der Waals surface area contributed by atoms with Crippen LogP contribution < -0.4 is 15.5 Å². The van der Waals surface area contributed by atoms with E-state index in [1.54, 1.807) is 0 Å². The van der Waals surface area contributed by atoms with Crippen LogP contribution in [0, 0.1) is 0 Å². The van der Waals surface area contributed by atoms with Crippen LogP contribution in [0.2, 0.25) is 0 Å². The van der Waals surface area contributed by atoms with Gasteiger partial charge >= 0.3 is 0 Å². The molecule has 1 heterocycles. The van der Waals surface area contributed by atoms with Crippen molar-refractivity contribution in [3.63, 3.8) is 0 Å². The van der Waals surface area contributed by atoms with Gasteiger partial charge in [-0.3, -0.25) is 0 Å². The van der Waals surface area contributed by atoms with Crippen molar-refractivity contribution >= 4 is 47.4 Å². The Morgan fingerprint density at radius 1 is 1.07 bits per heavy atom. The highest BCUT2D eigenvalue weighted by molar-refractivity contribution is 14.0. The molecule has 164 valence electrons. The van der Waals surface area contributed by atoms with Crippen LogP contribution in [-0.2, 0) is 6.54 Å². The second-order valence-electron chi connectivity index (χ2n) is 7.13. The maximum absolute atomic E-state index is 9.76. The highest BCUT2D eigenvalue weighted by atomic mass is 127. The van der Waals surface area contributed by atoms with Gasteiger partial charge < -0.3 is 20.6 Å². The zero-order valence-electron chi connectivity index (χ0n) is 17.6. The summed E-state index contributed by atoms with van der Waals surface area (Å²) in [6, 6.07) is 18.9. The van der Waals surface area contributed by atoms with E-state index in [1.807, 2.05) is 30.0 Å². The minimum Gasteiger partial charge on any atom is -0.396 e. The van der Waals surface area contributed by atoms with Gasteiger partial charge in [0.2, 0.25) is 0 Å². The fourth-order valence-electron chi connectivity index (χ4n) is 3.38. The van der Waals surface area contributed by atoms with Gasteiger partial charge in [0.15, 0.2) is 5.96 Å². The normalized spacial score (nSPS) is 15.3. The summed E-state index contributed by atoms with van der Waals surface area (Å²) in [5.74, 6) is 3.24. The van der Waals surface area contributed by atoms with E-state index in [1.165, 1.54) is 22.8 Å². The lowest BCUT2D eigenvalue weighted by Gasteiger charge is -2.28. The SMILES string of the molecule is CCNC(=NCc1ccc(N2CCSCC2)cc1)NCC(CO)c1ccccc1.I. The van der Waals surface area contributed by atoms with Crippen molar-refractivity contribution in [3.05, 3.63) is 65.7 Å². The lowest BCUT2D eigenvalue weighted by Crippen LogP contribution is -2.39. The number of aliphatic imine (C=N–C) groups is 1. The number of rotatable bonds is 8. The maximum atomic E-state index is 9.76. The highest BCUT2D eigenvalue weighted by Gasteiger charge is 2.12. The third-order valence-electron chi connectivity index (χ3n) is 5.08. The molecule has 7 heteroatoms. The molecule has 5 nitrogen and oxygen atoms in total. The van der Waals surface area contributed by atoms with Crippen LogP contribution in [0.4, 0.5) is 5.69 Å². The number of thioether (sulfide) groups is 1. The molecule has 0 aromatic heterocycles. The summed E-state index contributed by atoms with van der Waals surface area (Å²) in [5.41, 5.74) is 3.63. The molecule has 30 heavy (non-hydrogen) atoms. The van der Waals surface area contributed by atoms with Gasteiger partial charge in [-0.05, 0) is 30.2 Å². The Labute approximate surface area is 201 Å². The molecule has 1 atom stereocenters. The minimum absolute atomic E-state index is 0. The number of aliphatic hydroxyl groups excluding tert-OH is 1. The molecule has 2 aromatic carbocycles. The molecule has 2 aromatic rings. The molecule has 1 aliphatic rings. The van der Waals surface area contributed by atoms with Crippen molar-refractivity contribution in [2.45, 2.75) is 19.4 Å². The monoisotopic (exact) mass is 540 g/mol. The third-order valence-corrected chi connectivity index (χ3v) is 6.03. The molecule has 0 spiro atoms. The van der Waals surface area contributed by atoms with Gasteiger partial charge in [-0.1, -0.05) is 42.5 Å². The lowest BCUT2D eigenvalue weighted by molar-refractivity contribution is 0.265. The molecule has 3 N–H and O–H groups in total. The maximum Gasteiger partial charge on any atom is 0.191 e. The number of aliphatic hydroxyl groups is 1. The zero-order chi connectivity index (χ0) is 20.3. The second-order valence-corrected chi connectivity index (χ2v) is 8.36. The number of hydrogen-bond donors (Lipinski definition) is 3. The molecular weight excluding hydrogens is 507 g/mol. The molecule has 0 bridgehead atoms. The van der Waals surface area contributed by atoms with E-state index in [2.05, 4.69) is 58.9 Å². The van der Waals surface area contributed by atoms with Crippen molar-refractivity contribution < 1.29 is 5.11 Å². The van der Waals surface area contributed by atoms with Crippen LogP contribution in [0.1, 0.15) is 24.0 Å². The smallest absolute Gasteiger partial charge is 0.191 e. The average Bonchev–Trinajstić information content (AvgIpc) is 2.79. The van der Waals surface area contributed by atoms with Gasteiger partial charge in [-0.15, -0.1) is 24.0 Å². The number of benzene rings is 2. The first-order chi connectivity index (χ1) is 14.3. The van der Waals surface area contributed by atoms with Crippen LogP contribution in [0.5, 0.6) is 0 Å². The topological polar surface area (TPSA) is 59.9 Å². The van der Waals surface area contributed by atoms with Gasteiger partial charge in [-0.25, -0.2) is 4.99 Å². The quantitative estimate of drug-likeness (QED) is 0.271. The summed E-state index contributed by atoms with van der Waals surface area (Å²) < 4.78 is 0. The summed E-state index contributed by atoms with van der Waals surface area (Å²) in [7, 11) is 0. The molecule has 1 saturated heterocycles. The number of hydrogen-bond acceptors (Lipinski definition) is 4. The summed E-state index contributed by atoms with van der Waals surface area (Å²) in [4.78, 5) is 7.17. The van der Waals surface area contributed by atoms with Crippen LogP contribution in [0.25, 0.3) is 0 Å². The summed E-state index contributed by atoms with van der Waals surface area (Å²) in [5, 5.41) is 16.4. The van der Waals surface area contributed by atoms with E-state index in [9.17, 15) is 5.11 Å². The Morgan fingerprint density at radius 3 is 2.40 bits per heavy atom. The summed E-state index contributed by atoms with van der Waals surface area (Å²) in [6.07, 6.45) is 0. The van der Waals surface area contributed by atoms with Crippen LogP contribution in [0.15, 0.2) is 59.6 Å². The highest BCUT2D eigenvalue weighted by Crippen LogP contribution is 2.20. The van der Waals surface area contributed by atoms with Crippen molar-refractivity contribution in [1.82, 2.24) is 10.6 Å². The van der Waals surface area contributed by atoms with Crippen molar-refractivity contribution in [2.24, 2.45) is 4.99 Å². The number of nitrogens with one attached hydrogen (secondary N) is 2. The largest absolute Gasteiger partial charge is 0.396 e. The van der Waals surface area contributed by atoms with Crippen LogP contribution in [0.3, 0.4) is 0 Å². The minimum atomic E-state index is 0. The van der Waals surface area contributed by atoms with E-state index in [0.717, 1.165) is 31.2 Å². The van der Waals surface area contributed by atoms with Crippen molar-refractivity contribution in [1.29, 1.82) is 0 Å². The van der Waals surface area contributed by atoms with E-state index in [-0.39, 0.29) is 36.5 Å². The molecule has 0 saturated carbocycles. The number of anilines is 1. The van der Waals surface area contributed by atoms with Crippen LogP contribution >= 0.6 is 35.7 Å². The fourth-order valence-corrected chi connectivity index (χ4v) is 4.28. The average molecular weight is 541 g/mol. The number of halogens is 1. The van der Waals surface area contributed by atoms with Crippen LogP contribution in [-0.4, -0.2) is 55.4 Å². The first kappa shape index (κ1) is 24.8. The second kappa shape index (κ2) is 13.8. The first-order valence-electron chi connectivity index (χ1n) is 10.4. The summed E-state index contributed by atoms with van der Waals surface area (Å²) >= 11 is 2.03. The Morgan fingerprint density at radius 2 is 1.77 bits per heavy atom. The molecule has 1 unspecified atom stereocenters. The van der Waals surface area contributed by atoms with Gasteiger partial charge in [0.1, 0.15) is 0 Å². The van der Waals surface area contributed by atoms with E-state index >= 15 is 0 Å². The molecule has 1 fully saturated rings. The Bertz CT molecular complexity index is 752. The van der Waals surface area contributed by atoms with Crippen molar-refractivity contribution in [2.75, 3.05) is 49.2 Å². The number of nitrogens with zero attached hydrogens (tertiary/aromatic N) is 2.